The lowest BCUT2D eigenvalue weighted by Gasteiger charge is -2.13. The van der Waals surface area contributed by atoms with Crippen molar-refractivity contribution in [2.24, 2.45) is 5.73 Å². The van der Waals surface area contributed by atoms with Gasteiger partial charge in [-0.25, -0.2) is 9.37 Å². The molecule has 0 saturated heterocycles. The third-order valence-electron chi connectivity index (χ3n) is 3.75. The highest BCUT2D eigenvalue weighted by Crippen LogP contribution is 2.31. The molecule has 3 N–H and O–H groups in total. The van der Waals surface area contributed by atoms with Crippen LogP contribution in [0.25, 0.3) is 11.4 Å². The van der Waals surface area contributed by atoms with E-state index >= 15 is 0 Å². The van der Waals surface area contributed by atoms with Gasteiger partial charge in [-0.15, -0.1) is 0 Å². The van der Waals surface area contributed by atoms with E-state index in [-0.39, 0.29) is 5.82 Å². The fraction of sp³-hybridized carbons (Fsp3) is 0.222. The summed E-state index contributed by atoms with van der Waals surface area (Å²) in [5.41, 5.74) is 7.81. The van der Waals surface area contributed by atoms with Crippen LogP contribution in [-0.2, 0) is 0 Å². The Morgan fingerprint density at radius 1 is 1.16 bits per heavy atom. The molecule has 2 aromatic carbocycles. The second-order valence-corrected chi connectivity index (χ2v) is 5.37. The third kappa shape index (κ3) is 3.61. The van der Waals surface area contributed by atoms with Crippen molar-refractivity contribution < 1.29 is 13.9 Å². The zero-order valence-electron chi connectivity index (χ0n) is 14.0. The van der Waals surface area contributed by atoms with Gasteiger partial charge in [0.05, 0.1) is 19.8 Å². The largest absolute Gasteiger partial charge is 0.493 e. The number of hydrogen-bond donors (Lipinski definition) is 2. The molecule has 3 rings (SSSR count). The normalized spacial score (nSPS) is 12.0. The summed E-state index contributed by atoms with van der Waals surface area (Å²) in [6.07, 6.45) is 0. The first-order valence-corrected chi connectivity index (χ1v) is 7.87. The third-order valence-corrected chi connectivity index (χ3v) is 3.75. The lowest BCUT2D eigenvalue weighted by Crippen LogP contribution is -2.14. The number of aromatic nitrogens is 3. The molecule has 1 heterocycles. The number of methoxy groups -OCH3 is 1. The van der Waals surface area contributed by atoms with E-state index in [0.29, 0.717) is 35.3 Å². The van der Waals surface area contributed by atoms with Gasteiger partial charge in [0.2, 0.25) is 0 Å². The number of aromatic amines is 1. The number of nitrogens with zero attached hydrogens (tertiary/aromatic N) is 2. The van der Waals surface area contributed by atoms with Gasteiger partial charge in [-0.3, -0.25) is 5.10 Å². The lowest BCUT2D eigenvalue weighted by atomic mass is 10.1. The molecule has 0 bridgehead atoms. The van der Waals surface area contributed by atoms with Crippen LogP contribution in [0.5, 0.6) is 11.5 Å². The average Bonchev–Trinajstić information content (AvgIpc) is 3.12. The number of ether oxygens (including phenoxy) is 2. The van der Waals surface area contributed by atoms with Crippen LogP contribution in [0.15, 0.2) is 42.5 Å². The van der Waals surface area contributed by atoms with Crippen LogP contribution >= 0.6 is 0 Å². The van der Waals surface area contributed by atoms with Crippen molar-refractivity contribution in [1.82, 2.24) is 15.2 Å². The summed E-state index contributed by atoms with van der Waals surface area (Å²) < 4.78 is 23.9. The molecule has 0 aliphatic heterocycles. The van der Waals surface area contributed by atoms with Gasteiger partial charge in [0.15, 0.2) is 17.3 Å². The van der Waals surface area contributed by atoms with Crippen molar-refractivity contribution >= 4 is 0 Å². The Bertz CT molecular complexity index is 849. The smallest absolute Gasteiger partial charge is 0.181 e. The minimum atomic E-state index is -0.508. The number of nitrogens with one attached hydrogen (secondary N) is 1. The Morgan fingerprint density at radius 3 is 2.60 bits per heavy atom. The quantitative estimate of drug-likeness (QED) is 0.719. The zero-order valence-corrected chi connectivity index (χ0v) is 14.0. The van der Waals surface area contributed by atoms with Crippen molar-refractivity contribution in [3.8, 4) is 22.9 Å². The minimum Gasteiger partial charge on any atom is -0.493 e. The fourth-order valence-electron chi connectivity index (χ4n) is 2.45. The Morgan fingerprint density at radius 2 is 1.92 bits per heavy atom. The second kappa shape index (κ2) is 7.31. The molecule has 0 spiro atoms. The summed E-state index contributed by atoms with van der Waals surface area (Å²) in [5, 5.41) is 7.00. The molecular formula is C18H19FN4O2. The predicted octanol–water partition coefficient (Wildman–Crippen LogP) is 3.07. The van der Waals surface area contributed by atoms with Gasteiger partial charge in [0.25, 0.3) is 0 Å². The number of H-pyrrole nitrogens is 1. The molecule has 0 aliphatic carbocycles. The molecule has 0 aliphatic rings. The highest BCUT2D eigenvalue weighted by Gasteiger charge is 2.17. The van der Waals surface area contributed by atoms with Crippen LogP contribution in [0.4, 0.5) is 4.39 Å². The van der Waals surface area contributed by atoms with Crippen molar-refractivity contribution in [1.29, 1.82) is 0 Å². The van der Waals surface area contributed by atoms with E-state index in [2.05, 4.69) is 15.2 Å². The Kier molecular flexibility index (Phi) is 4.95. The fourth-order valence-corrected chi connectivity index (χ4v) is 2.45. The SMILES string of the molecule is CCOc1ccc(C(N)c2nc(-c3ccc(F)cc3)n[nH]2)cc1OC. The first kappa shape index (κ1) is 16.9. The average molecular weight is 342 g/mol. The lowest BCUT2D eigenvalue weighted by molar-refractivity contribution is 0.310. The van der Waals surface area contributed by atoms with E-state index in [0.717, 1.165) is 5.56 Å². The first-order valence-electron chi connectivity index (χ1n) is 7.87. The molecule has 7 heteroatoms. The van der Waals surface area contributed by atoms with Crippen molar-refractivity contribution in [2.45, 2.75) is 13.0 Å². The van der Waals surface area contributed by atoms with Crippen LogP contribution in [0.1, 0.15) is 24.4 Å². The predicted molar refractivity (Wildman–Crippen MR) is 92.0 cm³/mol. The number of benzene rings is 2. The summed E-state index contributed by atoms with van der Waals surface area (Å²) in [6.45, 7) is 2.45. The van der Waals surface area contributed by atoms with Gasteiger partial charge < -0.3 is 15.2 Å². The summed E-state index contributed by atoms with van der Waals surface area (Å²) in [6, 6.07) is 10.9. The van der Waals surface area contributed by atoms with Crippen molar-refractivity contribution in [3.05, 3.63) is 59.7 Å². The van der Waals surface area contributed by atoms with E-state index in [9.17, 15) is 4.39 Å². The molecule has 1 unspecified atom stereocenters. The second-order valence-electron chi connectivity index (χ2n) is 5.37. The maximum atomic E-state index is 13.0. The van der Waals surface area contributed by atoms with Crippen LogP contribution < -0.4 is 15.2 Å². The molecule has 1 aromatic heterocycles. The van der Waals surface area contributed by atoms with Crippen LogP contribution in [-0.4, -0.2) is 28.9 Å². The number of halogens is 1. The topological polar surface area (TPSA) is 86.0 Å². The molecule has 3 aromatic rings. The maximum Gasteiger partial charge on any atom is 0.181 e. The van der Waals surface area contributed by atoms with E-state index < -0.39 is 6.04 Å². The molecule has 0 saturated carbocycles. The zero-order chi connectivity index (χ0) is 17.8. The number of rotatable bonds is 6. The van der Waals surface area contributed by atoms with Gasteiger partial charge in [0.1, 0.15) is 11.6 Å². The summed E-state index contributed by atoms with van der Waals surface area (Å²) >= 11 is 0. The molecule has 1 atom stereocenters. The highest BCUT2D eigenvalue weighted by atomic mass is 19.1. The summed E-state index contributed by atoms with van der Waals surface area (Å²) in [7, 11) is 1.58. The molecule has 25 heavy (non-hydrogen) atoms. The molecule has 130 valence electrons. The maximum absolute atomic E-state index is 13.0. The monoisotopic (exact) mass is 342 g/mol. The van der Waals surface area contributed by atoms with E-state index in [1.54, 1.807) is 19.2 Å². The van der Waals surface area contributed by atoms with Crippen LogP contribution in [0, 0.1) is 5.82 Å². The van der Waals surface area contributed by atoms with Gasteiger partial charge >= 0.3 is 0 Å². The summed E-state index contributed by atoms with van der Waals surface area (Å²) in [5.74, 6) is 1.92. The van der Waals surface area contributed by atoms with Gasteiger partial charge in [-0.1, -0.05) is 6.07 Å². The summed E-state index contributed by atoms with van der Waals surface area (Å²) in [4.78, 5) is 4.41. The van der Waals surface area contributed by atoms with Crippen molar-refractivity contribution in [2.75, 3.05) is 13.7 Å². The molecule has 0 amide bonds. The van der Waals surface area contributed by atoms with Crippen LogP contribution in [0.3, 0.4) is 0 Å². The Balaban J connectivity index is 1.86. The van der Waals surface area contributed by atoms with E-state index in [1.807, 2.05) is 25.1 Å². The van der Waals surface area contributed by atoms with Gasteiger partial charge in [-0.05, 0) is 48.9 Å². The van der Waals surface area contributed by atoms with Crippen molar-refractivity contribution in [3.63, 3.8) is 0 Å². The number of nitrogens with two attached hydrogens (primary N) is 1. The standard InChI is InChI=1S/C18H19FN4O2/c1-3-25-14-9-6-12(10-15(14)24-2)16(20)18-21-17(22-23-18)11-4-7-13(19)8-5-11/h4-10,16H,3,20H2,1-2H3,(H,21,22,23). The molecule has 0 fully saturated rings. The van der Waals surface area contributed by atoms with Crippen LogP contribution in [0.2, 0.25) is 0 Å². The molecular weight excluding hydrogens is 323 g/mol. The minimum absolute atomic E-state index is 0.308. The van der Waals surface area contributed by atoms with Gasteiger partial charge in [0, 0.05) is 5.56 Å². The Labute approximate surface area is 144 Å². The highest BCUT2D eigenvalue weighted by molar-refractivity contribution is 5.54. The number of hydrogen-bond acceptors (Lipinski definition) is 5. The molecule has 0 radical (unpaired) electrons. The Hall–Kier alpha value is -2.93. The van der Waals surface area contributed by atoms with E-state index in [1.165, 1.54) is 12.1 Å². The first-order chi connectivity index (χ1) is 12.1. The molecule has 6 nitrogen and oxygen atoms in total. The van der Waals surface area contributed by atoms with Gasteiger partial charge in [-0.2, -0.15) is 5.10 Å². The van der Waals surface area contributed by atoms with E-state index in [4.69, 9.17) is 15.2 Å².